The van der Waals surface area contributed by atoms with Crippen molar-refractivity contribution in [3.8, 4) is 0 Å². The second-order valence-corrected chi connectivity index (χ2v) is 5.18. The van der Waals surface area contributed by atoms with Crippen LogP contribution in [0.3, 0.4) is 0 Å². The zero-order valence-electron chi connectivity index (χ0n) is 6.44. The van der Waals surface area contributed by atoms with E-state index >= 15 is 0 Å². The summed E-state index contributed by atoms with van der Waals surface area (Å²) in [5.41, 5.74) is 0. The van der Waals surface area contributed by atoms with Crippen molar-refractivity contribution in [2.24, 2.45) is 10.1 Å². The summed E-state index contributed by atoms with van der Waals surface area (Å²) >= 11 is 3.34. The predicted octanol–water partition coefficient (Wildman–Crippen LogP) is 1.67. The van der Waals surface area contributed by atoms with E-state index in [9.17, 15) is 0 Å². The van der Waals surface area contributed by atoms with Gasteiger partial charge in [0.25, 0.3) is 0 Å². The highest BCUT2D eigenvalue weighted by molar-refractivity contribution is 8.42. The standard InChI is InChI=1S/C6H10N2OS2/c1-6(3-8-9)4-10-5(7-2)11-6/h3,9H,4H2,1-2H3/t6-/m1/s1. The normalized spacial score (nSPS) is 35.6. The van der Waals surface area contributed by atoms with Crippen molar-refractivity contribution >= 4 is 34.1 Å². The Morgan fingerprint density at radius 2 is 2.45 bits per heavy atom. The lowest BCUT2D eigenvalue weighted by atomic mass is 10.2. The molecule has 0 radical (unpaired) electrons. The van der Waals surface area contributed by atoms with Crippen LogP contribution in [0.5, 0.6) is 0 Å². The third-order valence-corrected chi connectivity index (χ3v) is 4.35. The molecule has 1 rings (SSSR count). The maximum absolute atomic E-state index is 8.36. The minimum Gasteiger partial charge on any atom is -0.411 e. The van der Waals surface area contributed by atoms with Gasteiger partial charge < -0.3 is 5.21 Å². The lowest BCUT2D eigenvalue weighted by molar-refractivity contribution is 0.320. The highest BCUT2D eigenvalue weighted by Crippen LogP contribution is 2.40. The maximum atomic E-state index is 8.36. The Morgan fingerprint density at radius 1 is 1.73 bits per heavy atom. The van der Waals surface area contributed by atoms with Gasteiger partial charge in [-0.05, 0) is 6.92 Å². The second kappa shape index (κ2) is 3.49. The number of thioether (sulfide) groups is 2. The molecule has 1 aliphatic rings. The lowest BCUT2D eigenvalue weighted by Crippen LogP contribution is -2.21. The van der Waals surface area contributed by atoms with E-state index in [0.717, 1.165) is 10.1 Å². The zero-order valence-corrected chi connectivity index (χ0v) is 8.08. The van der Waals surface area contributed by atoms with Gasteiger partial charge in [-0.3, -0.25) is 4.99 Å². The average Bonchev–Trinajstić information content (AvgIpc) is 2.33. The van der Waals surface area contributed by atoms with E-state index in [1.54, 1.807) is 36.8 Å². The molecule has 0 spiro atoms. The summed E-state index contributed by atoms with van der Waals surface area (Å²) in [6.07, 6.45) is 1.56. The summed E-state index contributed by atoms with van der Waals surface area (Å²) in [5.74, 6) is 0.925. The van der Waals surface area contributed by atoms with Crippen molar-refractivity contribution in [2.45, 2.75) is 11.7 Å². The van der Waals surface area contributed by atoms with Crippen molar-refractivity contribution < 1.29 is 5.21 Å². The Hall–Kier alpha value is -0.160. The van der Waals surface area contributed by atoms with Crippen LogP contribution in [0, 0.1) is 0 Å². The van der Waals surface area contributed by atoms with Gasteiger partial charge in [-0.25, -0.2) is 0 Å². The van der Waals surface area contributed by atoms with Crippen LogP contribution < -0.4 is 0 Å². The van der Waals surface area contributed by atoms with Crippen molar-refractivity contribution in [2.75, 3.05) is 12.8 Å². The third-order valence-electron chi connectivity index (χ3n) is 1.32. The predicted molar refractivity (Wildman–Crippen MR) is 52.1 cm³/mol. The first-order chi connectivity index (χ1) is 5.20. The molecule has 0 aromatic heterocycles. The smallest absolute Gasteiger partial charge is 0.125 e. The van der Waals surface area contributed by atoms with E-state index in [1.165, 1.54) is 0 Å². The number of nitrogens with zero attached hydrogens (tertiary/aromatic N) is 2. The molecule has 0 aliphatic carbocycles. The summed E-state index contributed by atoms with van der Waals surface area (Å²) < 4.78 is 0.987. The lowest BCUT2D eigenvalue weighted by Gasteiger charge is -2.11. The van der Waals surface area contributed by atoms with Gasteiger partial charge in [0.15, 0.2) is 0 Å². The Morgan fingerprint density at radius 3 is 2.91 bits per heavy atom. The van der Waals surface area contributed by atoms with Gasteiger partial charge in [-0.2, -0.15) is 0 Å². The second-order valence-electron chi connectivity index (χ2n) is 2.44. The molecule has 0 amide bonds. The fraction of sp³-hybridized carbons (Fsp3) is 0.667. The van der Waals surface area contributed by atoms with E-state index in [-0.39, 0.29) is 4.75 Å². The van der Waals surface area contributed by atoms with Crippen molar-refractivity contribution in [1.82, 2.24) is 0 Å². The van der Waals surface area contributed by atoms with Crippen molar-refractivity contribution in [3.63, 3.8) is 0 Å². The minimum atomic E-state index is -0.0751. The molecular formula is C6H10N2OS2. The number of rotatable bonds is 1. The Kier molecular flexibility index (Phi) is 2.84. The van der Waals surface area contributed by atoms with E-state index in [2.05, 4.69) is 10.1 Å². The van der Waals surface area contributed by atoms with Crippen LogP contribution in [-0.2, 0) is 0 Å². The van der Waals surface area contributed by atoms with Gasteiger partial charge in [0, 0.05) is 12.8 Å². The Balaban J connectivity index is 2.65. The molecule has 0 aromatic carbocycles. The summed E-state index contributed by atoms with van der Waals surface area (Å²) in [4.78, 5) is 4.06. The third kappa shape index (κ3) is 2.13. The van der Waals surface area contributed by atoms with E-state index in [4.69, 9.17) is 5.21 Å². The topological polar surface area (TPSA) is 45.0 Å². The molecule has 11 heavy (non-hydrogen) atoms. The van der Waals surface area contributed by atoms with Crippen molar-refractivity contribution in [1.29, 1.82) is 0 Å². The largest absolute Gasteiger partial charge is 0.411 e. The monoisotopic (exact) mass is 190 g/mol. The van der Waals surface area contributed by atoms with E-state index < -0.39 is 0 Å². The number of oxime groups is 1. The van der Waals surface area contributed by atoms with E-state index in [1.807, 2.05) is 6.92 Å². The molecule has 0 bridgehead atoms. The van der Waals surface area contributed by atoms with Gasteiger partial charge in [0.05, 0.1) is 11.0 Å². The van der Waals surface area contributed by atoms with Gasteiger partial charge >= 0.3 is 0 Å². The Labute approximate surface area is 74.3 Å². The number of hydrogen-bond acceptors (Lipinski definition) is 5. The Bertz CT molecular complexity index is 205. The molecule has 0 saturated carbocycles. The minimum absolute atomic E-state index is 0.0751. The molecule has 1 heterocycles. The zero-order chi connectivity index (χ0) is 8.32. The molecule has 1 aliphatic heterocycles. The first-order valence-corrected chi connectivity index (χ1v) is 4.97. The summed E-state index contributed by atoms with van der Waals surface area (Å²) in [6.45, 7) is 2.03. The number of hydrogen-bond donors (Lipinski definition) is 1. The molecule has 3 nitrogen and oxygen atoms in total. The molecule has 0 unspecified atom stereocenters. The maximum Gasteiger partial charge on any atom is 0.125 e. The first kappa shape index (κ1) is 8.93. The van der Waals surface area contributed by atoms with Crippen LogP contribution in [0.1, 0.15) is 6.92 Å². The van der Waals surface area contributed by atoms with Crippen LogP contribution >= 0.6 is 23.5 Å². The van der Waals surface area contributed by atoms with Crippen LogP contribution in [-0.4, -0.2) is 33.3 Å². The average molecular weight is 190 g/mol. The van der Waals surface area contributed by atoms with Gasteiger partial charge in [-0.1, -0.05) is 23.5 Å². The molecular weight excluding hydrogens is 180 g/mol. The van der Waals surface area contributed by atoms with Crippen LogP contribution in [0.25, 0.3) is 0 Å². The summed E-state index contributed by atoms with van der Waals surface area (Å²) in [6, 6.07) is 0. The highest BCUT2D eigenvalue weighted by Gasteiger charge is 2.32. The van der Waals surface area contributed by atoms with Gasteiger partial charge in [0.1, 0.15) is 4.38 Å². The van der Waals surface area contributed by atoms with Crippen LogP contribution in [0.15, 0.2) is 10.1 Å². The van der Waals surface area contributed by atoms with Gasteiger partial charge in [-0.15, -0.1) is 5.16 Å². The van der Waals surface area contributed by atoms with Crippen LogP contribution in [0.4, 0.5) is 0 Å². The fourth-order valence-electron chi connectivity index (χ4n) is 0.759. The summed E-state index contributed by atoms with van der Waals surface area (Å²) in [5, 5.41) is 11.4. The first-order valence-electron chi connectivity index (χ1n) is 3.17. The molecule has 0 aromatic rings. The molecule has 5 heteroatoms. The molecule has 1 saturated heterocycles. The molecule has 62 valence electrons. The fourth-order valence-corrected chi connectivity index (χ4v) is 3.36. The quantitative estimate of drug-likeness (QED) is 0.388. The summed E-state index contributed by atoms with van der Waals surface area (Å²) in [7, 11) is 1.77. The van der Waals surface area contributed by atoms with Gasteiger partial charge in [0.2, 0.25) is 0 Å². The molecule has 1 N–H and O–H groups in total. The van der Waals surface area contributed by atoms with Crippen LogP contribution in [0.2, 0.25) is 0 Å². The SMILES string of the molecule is CN=C1SC[C@@](C)(C=NO)S1. The highest BCUT2D eigenvalue weighted by atomic mass is 32.2. The molecule has 1 fully saturated rings. The van der Waals surface area contributed by atoms with Crippen molar-refractivity contribution in [3.05, 3.63) is 0 Å². The number of aliphatic imine (C=N–C) groups is 1. The molecule has 1 atom stereocenters. The van der Waals surface area contributed by atoms with E-state index in [0.29, 0.717) is 0 Å².